The van der Waals surface area contributed by atoms with Crippen molar-refractivity contribution in [3.8, 4) is 0 Å². The quantitative estimate of drug-likeness (QED) is 0.147. The van der Waals surface area contributed by atoms with Crippen LogP contribution >= 0.6 is 11.8 Å². The summed E-state index contributed by atoms with van der Waals surface area (Å²) in [4.78, 5) is 66.7. The van der Waals surface area contributed by atoms with Crippen LogP contribution in [0.25, 0.3) is 0 Å². The Labute approximate surface area is 202 Å². The molecule has 35 heavy (non-hydrogen) atoms. The van der Waals surface area contributed by atoms with Gasteiger partial charge in [0.15, 0.2) is 5.76 Å². The van der Waals surface area contributed by atoms with Crippen LogP contribution in [0.2, 0.25) is 0 Å². The van der Waals surface area contributed by atoms with Crippen molar-refractivity contribution >= 4 is 47.3 Å². The van der Waals surface area contributed by atoms with Gasteiger partial charge in [-0.15, -0.1) is 11.8 Å². The highest BCUT2D eigenvalue weighted by atomic mass is 32.2. The SMILES string of the molecule is CO/N=C(\C(=O)N[C@H]1C(=O)N2C(C(=O)OC(C)OC(C)=O)=C(COC(N)=O)CSC12)c1ccco1. The molecule has 1 aromatic heterocycles. The van der Waals surface area contributed by atoms with Gasteiger partial charge < -0.3 is 34.5 Å². The molecule has 1 aromatic rings. The maximum Gasteiger partial charge on any atom is 0.404 e. The minimum Gasteiger partial charge on any atom is -0.462 e. The number of nitrogens with zero attached hydrogens (tertiary/aromatic N) is 2. The Kier molecular flexibility index (Phi) is 8.01. The normalized spacial score (nSPS) is 20.3. The molecule has 2 unspecified atom stereocenters. The lowest BCUT2D eigenvalue weighted by atomic mass is 10.0. The Bertz CT molecular complexity index is 1080. The predicted molar refractivity (Wildman–Crippen MR) is 117 cm³/mol. The summed E-state index contributed by atoms with van der Waals surface area (Å²) in [6, 6.07) is 2.03. The number of carbonyl (C=O) groups is 5. The average Bonchev–Trinajstić information content (AvgIpc) is 3.32. The number of carbonyl (C=O) groups excluding carboxylic acids is 5. The summed E-state index contributed by atoms with van der Waals surface area (Å²) >= 11 is 1.21. The third-order valence-electron chi connectivity index (χ3n) is 4.67. The second-order valence-electron chi connectivity index (χ2n) is 7.10. The molecule has 0 spiro atoms. The maximum atomic E-state index is 13.0. The summed E-state index contributed by atoms with van der Waals surface area (Å²) in [6.07, 6.45) is -0.976. The molecule has 0 aliphatic carbocycles. The van der Waals surface area contributed by atoms with Gasteiger partial charge in [-0.1, -0.05) is 5.16 Å². The summed E-state index contributed by atoms with van der Waals surface area (Å²) in [5, 5.41) is 5.53. The molecule has 0 saturated carbocycles. The third kappa shape index (κ3) is 5.74. The molecule has 2 aliphatic rings. The number of furan rings is 1. The molecule has 15 heteroatoms. The van der Waals surface area contributed by atoms with E-state index >= 15 is 0 Å². The average molecular weight is 510 g/mol. The molecule has 3 heterocycles. The molecule has 3 N–H and O–H groups in total. The molecule has 0 bridgehead atoms. The van der Waals surface area contributed by atoms with Crippen LogP contribution in [0.1, 0.15) is 19.6 Å². The Hall–Kier alpha value is -4.01. The number of hydrogen-bond donors (Lipinski definition) is 2. The molecule has 3 atom stereocenters. The van der Waals surface area contributed by atoms with Crippen LogP contribution in [0.3, 0.4) is 0 Å². The molecule has 3 rings (SSSR count). The Morgan fingerprint density at radius 1 is 1.34 bits per heavy atom. The maximum absolute atomic E-state index is 13.0. The first-order valence-electron chi connectivity index (χ1n) is 10.1. The fourth-order valence-corrected chi connectivity index (χ4v) is 4.65. The zero-order valence-electron chi connectivity index (χ0n) is 18.8. The highest BCUT2D eigenvalue weighted by Gasteiger charge is 2.55. The Balaban J connectivity index is 1.80. The van der Waals surface area contributed by atoms with Gasteiger partial charge in [0, 0.05) is 25.2 Å². The molecule has 1 saturated heterocycles. The van der Waals surface area contributed by atoms with Crippen LogP contribution in [-0.2, 0) is 38.2 Å². The topological polar surface area (TPSA) is 189 Å². The van der Waals surface area contributed by atoms with Gasteiger partial charge in [0.25, 0.3) is 11.8 Å². The number of oxime groups is 1. The van der Waals surface area contributed by atoms with Gasteiger partial charge in [-0.3, -0.25) is 19.3 Å². The lowest BCUT2D eigenvalue weighted by Gasteiger charge is -2.49. The fourth-order valence-electron chi connectivity index (χ4n) is 3.32. The van der Waals surface area contributed by atoms with Crippen molar-refractivity contribution in [1.29, 1.82) is 0 Å². The zero-order valence-corrected chi connectivity index (χ0v) is 19.7. The second kappa shape index (κ2) is 10.9. The third-order valence-corrected chi connectivity index (χ3v) is 6.01. The number of amides is 3. The van der Waals surface area contributed by atoms with Crippen LogP contribution in [-0.4, -0.2) is 77.6 Å². The van der Waals surface area contributed by atoms with E-state index in [0.717, 1.165) is 11.8 Å². The standard InChI is InChI=1S/C20H22N4O10S/c1-9(25)33-10(2)34-19(28)15-11(7-32-20(21)29)8-35-18-14(17(27)24(15)18)22-16(26)13(23-30-3)12-5-4-6-31-12/h4-6,10,14,18H,7-8H2,1-3H3,(H2,21,29)(H,22,26)/b23-13-/t10?,14-,18?/m0/s1. The summed E-state index contributed by atoms with van der Waals surface area (Å²) in [7, 11) is 1.25. The second-order valence-corrected chi connectivity index (χ2v) is 8.21. The van der Waals surface area contributed by atoms with Crippen LogP contribution in [0.5, 0.6) is 0 Å². The number of rotatable bonds is 9. The number of fused-ring (bicyclic) bond motifs is 1. The minimum atomic E-state index is -1.24. The van der Waals surface area contributed by atoms with Crippen molar-refractivity contribution < 1.29 is 47.4 Å². The number of β-lactam (4-membered cyclic amide) rings is 1. The molecule has 2 aliphatic heterocycles. The van der Waals surface area contributed by atoms with E-state index in [4.69, 9.17) is 29.2 Å². The number of esters is 2. The van der Waals surface area contributed by atoms with E-state index in [1.165, 1.54) is 38.1 Å². The predicted octanol–water partition coefficient (Wildman–Crippen LogP) is -0.168. The first-order valence-corrected chi connectivity index (χ1v) is 11.1. The van der Waals surface area contributed by atoms with Gasteiger partial charge in [-0.2, -0.15) is 0 Å². The molecule has 0 aromatic carbocycles. The van der Waals surface area contributed by atoms with Gasteiger partial charge in [0.2, 0.25) is 12.0 Å². The summed E-state index contributed by atoms with van der Waals surface area (Å²) in [5.41, 5.74) is 4.89. The van der Waals surface area contributed by atoms with E-state index in [9.17, 15) is 24.0 Å². The Morgan fingerprint density at radius 3 is 2.69 bits per heavy atom. The Morgan fingerprint density at radius 2 is 2.09 bits per heavy atom. The van der Waals surface area contributed by atoms with Crippen LogP contribution in [0.15, 0.2) is 39.2 Å². The van der Waals surface area contributed by atoms with E-state index in [1.54, 1.807) is 6.07 Å². The number of ether oxygens (including phenoxy) is 3. The van der Waals surface area contributed by atoms with Crippen LogP contribution in [0.4, 0.5) is 4.79 Å². The van der Waals surface area contributed by atoms with Crippen LogP contribution < -0.4 is 11.1 Å². The number of primary amides is 1. The van der Waals surface area contributed by atoms with Crippen molar-refractivity contribution in [1.82, 2.24) is 10.2 Å². The van der Waals surface area contributed by atoms with Gasteiger partial charge >= 0.3 is 18.0 Å². The molecule has 1 fully saturated rings. The van der Waals surface area contributed by atoms with E-state index < -0.39 is 47.6 Å². The molecule has 188 valence electrons. The van der Waals surface area contributed by atoms with Crippen molar-refractivity contribution in [2.45, 2.75) is 31.6 Å². The van der Waals surface area contributed by atoms with E-state index in [1.807, 2.05) is 0 Å². The zero-order chi connectivity index (χ0) is 25.7. The summed E-state index contributed by atoms with van der Waals surface area (Å²) < 4.78 is 19.9. The first kappa shape index (κ1) is 25.6. The van der Waals surface area contributed by atoms with Gasteiger partial charge in [0.05, 0.1) is 6.26 Å². The molecular weight excluding hydrogens is 488 g/mol. The molecular formula is C20H22N4O10S. The molecule has 0 radical (unpaired) electrons. The lowest BCUT2D eigenvalue weighted by molar-refractivity contribution is -0.182. The van der Waals surface area contributed by atoms with Crippen molar-refractivity contribution in [2.24, 2.45) is 10.9 Å². The largest absolute Gasteiger partial charge is 0.462 e. The lowest BCUT2D eigenvalue weighted by Crippen LogP contribution is -2.71. The van der Waals surface area contributed by atoms with Gasteiger partial charge in [-0.25, -0.2) is 9.59 Å². The van der Waals surface area contributed by atoms with Gasteiger partial charge in [-0.05, 0) is 12.1 Å². The molecule has 14 nitrogen and oxygen atoms in total. The fraction of sp³-hybridized carbons (Fsp3) is 0.400. The number of thioether (sulfide) groups is 1. The van der Waals surface area contributed by atoms with Gasteiger partial charge in [0.1, 0.15) is 30.8 Å². The van der Waals surface area contributed by atoms with Crippen molar-refractivity contribution in [3.63, 3.8) is 0 Å². The van der Waals surface area contributed by atoms with E-state index in [2.05, 4.69) is 10.5 Å². The van der Waals surface area contributed by atoms with E-state index in [0.29, 0.717) is 0 Å². The smallest absolute Gasteiger partial charge is 0.404 e. The van der Waals surface area contributed by atoms with E-state index in [-0.39, 0.29) is 35.1 Å². The summed E-state index contributed by atoms with van der Waals surface area (Å²) in [6.45, 7) is 2.09. The first-order chi connectivity index (χ1) is 16.6. The number of nitrogens with two attached hydrogens (primary N) is 1. The minimum absolute atomic E-state index is 0.124. The number of hydrogen-bond acceptors (Lipinski definition) is 12. The van der Waals surface area contributed by atoms with Crippen LogP contribution in [0, 0.1) is 0 Å². The van der Waals surface area contributed by atoms with Crippen molar-refractivity contribution in [2.75, 3.05) is 19.5 Å². The number of nitrogens with one attached hydrogen (secondary N) is 1. The highest BCUT2D eigenvalue weighted by Crippen LogP contribution is 2.41. The summed E-state index contributed by atoms with van der Waals surface area (Å²) in [5.74, 6) is -2.75. The monoisotopic (exact) mass is 510 g/mol. The highest BCUT2D eigenvalue weighted by molar-refractivity contribution is 8.00. The molecule has 3 amide bonds. The van der Waals surface area contributed by atoms with Crippen molar-refractivity contribution in [3.05, 3.63) is 35.4 Å².